The second-order valence-corrected chi connectivity index (χ2v) is 16.7. The van der Waals surface area contributed by atoms with E-state index in [1.54, 1.807) is 0 Å². The first-order valence-corrected chi connectivity index (χ1v) is 17.0. The Labute approximate surface area is 224 Å². The van der Waals surface area contributed by atoms with Crippen LogP contribution in [0.4, 0.5) is 0 Å². The molecule has 9 saturated carbocycles. The molecule has 2 nitrogen and oxygen atoms in total. The summed E-state index contributed by atoms with van der Waals surface area (Å²) in [6.07, 6.45) is 23.5. The van der Waals surface area contributed by atoms with Crippen LogP contribution in [-0.4, -0.2) is 11.6 Å². The lowest BCUT2D eigenvalue weighted by Crippen LogP contribution is -2.54. The zero-order valence-electron chi connectivity index (χ0n) is 23.0. The van der Waals surface area contributed by atoms with E-state index in [2.05, 4.69) is 19.1 Å². The van der Waals surface area contributed by atoms with Crippen LogP contribution in [0.15, 0.2) is 12.2 Å². The molecule has 2 heteroatoms. The van der Waals surface area contributed by atoms with Gasteiger partial charge in [0.25, 0.3) is 0 Å². The first kappa shape index (κ1) is 22.0. The van der Waals surface area contributed by atoms with E-state index in [1.807, 2.05) is 0 Å². The topological polar surface area (TPSA) is 26.3 Å². The van der Waals surface area contributed by atoms with Crippen LogP contribution >= 0.6 is 0 Å². The number of hydrogen-bond donors (Lipinski definition) is 0. The first-order chi connectivity index (χ1) is 18.1. The summed E-state index contributed by atoms with van der Waals surface area (Å²) in [6.45, 7) is 2.52. The van der Waals surface area contributed by atoms with Gasteiger partial charge in [-0.25, -0.2) is 0 Å². The quantitative estimate of drug-likeness (QED) is 0.227. The van der Waals surface area contributed by atoms with Gasteiger partial charge in [-0.3, -0.25) is 4.79 Å². The summed E-state index contributed by atoms with van der Waals surface area (Å²) in [4.78, 5) is 14.4. The predicted molar refractivity (Wildman–Crippen MR) is 143 cm³/mol. The molecule has 9 fully saturated rings. The monoisotopic (exact) mass is 500 g/mol. The standard InChI is InChI=1S/C35H48O2/c1-35(30-15-19-11-26(30)24-6-2-4-22(19)24,31-16-20-12-27(31)25-7-3-5-23(20)25)37-34(36)29-14-21-13-28(29)33-18-9-8-17(10-18)32(21)33/h8-9,17-33H,2-7,10-16H2,1H3. The van der Waals surface area contributed by atoms with Crippen LogP contribution < -0.4 is 0 Å². The van der Waals surface area contributed by atoms with Gasteiger partial charge in [0.1, 0.15) is 5.60 Å². The molecule has 0 aromatic heterocycles. The van der Waals surface area contributed by atoms with Gasteiger partial charge in [-0.15, -0.1) is 0 Å². The molecule has 10 rings (SSSR count). The third kappa shape index (κ3) is 2.64. The van der Waals surface area contributed by atoms with Crippen molar-refractivity contribution in [3.63, 3.8) is 0 Å². The molecule has 0 aromatic carbocycles. The molecular formula is C35H48O2. The van der Waals surface area contributed by atoms with Gasteiger partial charge in [-0.2, -0.15) is 0 Å². The second-order valence-electron chi connectivity index (χ2n) is 16.7. The molecule has 10 aliphatic carbocycles. The highest BCUT2D eigenvalue weighted by Gasteiger charge is 2.67. The number of esters is 1. The third-order valence-corrected chi connectivity index (χ3v) is 16.2. The Balaban J connectivity index is 0.970. The normalized spacial score (nSPS) is 62.4. The van der Waals surface area contributed by atoms with Crippen LogP contribution in [0.25, 0.3) is 0 Å². The third-order valence-electron chi connectivity index (χ3n) is 16.2. The van der Waals surface area contributed by atoms with Crippen molar-refractivity contribution in [2.75, 3.05) is 0 Å². The fourth-order valence-electron chi connectivity index (χ4n) is 15.5. The maximum absolute atomic E-state index is 14.4. The molecule has 0 spiro atoms. The molecule has 8 bridgehead atoms. The number of hydrogen-bond acceptors (Lipinski definition) is 2. The fourth-order valence-corrected chi connectivity index (χ4v) is 15.5. The highest BCUT2D eigenvalue weighted by atomic mass is 16.6. The molecule has 0 saturated heterocycles. The number of carbonyl (C=O) groups is 1. The van der Waals surface area contributed by atoms with Crippen molar-refractivity contribution in [3.05, 3.63) is 12.2 Å². The lowest BCUT2D eigenvalue weighted by molar-refractivity contribution is -0.191. The van der Waals surface area contributed by atoms with Gasteiger partial charge in [0.15, 0.2) is 0 Å². The summed E-state index contributed by atoms with van der Waals surface area (Å²) in [6, 6.07) is 0. The maximum Gasteiger partial charge on any atom is 0.309 e. The highest BCUT2D eigenvalue weighted by molar-refractivity contribution is 5.74. The molecule has 0 aliphatic heterocycles. The van der Waals surface area contributed by atoms with Gasteiger partial charge in [0, 0.05) is 11.8 Å². The molecule has 0 N–H and O–H groups in total. The second kappa shape index (κ2) is 7.28. The minimum absolute atomic E-state index is 0.188. The Morgan fingerprint density at radius 3 is 1.84 bits per heavy atom. The minimum atomic E-state index is -0.188. The first-order valence-electron chi connectivity index (χ1n) is 17.0. The van der Waals surface area contributed by atoms with Gasteiger partial charge in [0.05, 0.1) is 5.92 Å². The molecule has 17 unspecified atom stereocenters. The van der Waals surface area contributed by atoms with Gasteiger partial charge >= 0.3 is 5.97 Å². The largest absolute Gasteiger partial charge is 0.459 e. The number of rotatable bonds is 4. The Kier molecular flexibility index (Phi) is 4.32. The summed E-state index contributed by atoms with van der Waals surface area (Å²) >= 11 is 0. The Morgan fingerprint density at radius 1 is 0.622 bits per heavy atom. The van der Waals surface area contributed by atoms with Crippen LogP contribution in [0.3, 0.4) is 0 Å². The van der Waals surface area contributed by atoms with Crippen LogP contribution in [0.5, 0.6) is 0 Å². The van der Waals surface area contributed by atoms with E-state index in [0.29, 0.717) is 17.8 Å². The lowest BCUT2D eigenvalue weighted by Gasteiger charge is -2.50. The average Bonchev–Trinajstić information content (AvgIpc) is 3.78. The van der Waals surface area contributed by atoms with Crippen molar-refractivity contribution in [1.29, 1.82) is 0 Å². The molecule has 0 radical (unpaired) electrons. The fraction of sp³-hybridized carbons (Fsp3) is 0.914. The van der Waals surface area contributed by atoms with E-state index in [4.69, 9.17) is 4.74 Å². The molecule has 200 valence electrons. The van der Waals surface area contributed by atoms with E-state index < -0.39 is 0 Å². The minimum Gasteiger partial charge on any atom is -0.459 e. The zero-order valence-corrected chi connectivity index (χ0v) is 23.0. The molecule has 0 heterocycles. The van der Waals surface area contributed by atoms with Crippen molar-refractivity contribution < 1.29 is 9.53 Å². The Bertz CT molecular complexity index is 1000. The number of allylic oxidation sites excluding steroid dienone is 2. The predicted octanol–water partition coefficient (Wildman–Crippen LogP) is 7.53. The summed E-state index contributed by atoms with van der Waals surface area (Å²) in [5.74, 6) is 14.1. The van der Waals surface area contributed by atoms with E-state index in [9.17, 15) is 4.79 Å². The molecule has 0 aromatic rings. The van der Waals surface area contributed by atoms with Gasteiger partial charge in [0.2, 0.25) is 0 Å². The molecular weight excluding hydrogens is 452 g/mol. The Hall–Kier alpha value is -0.790. The Morgan fingerprint density at radius 2 is 1.19 bits per heavy atom. The number of fused-ring (bicyclic) bond motifs is 19. The van der Waals surface area contributed by atoms with Crippen molar-refractivity contribution in [2.45, 2.75) is 96.0 Å². The van der Waals surface area contributed by atoms with Crippen molar-refractivity contribution in [2.24, 2.45) is 101 Å². The highest BCUT2D eigenvalue weighted by Crippen LogP contribution is 2.70. The molecule has 0 amide bonds. The average molecular weight is 501 g/mol. The molecule has 10 aliphatic rings. The van der Waals surface area contributed by atoms with E-state index in [0.717, 1.165) is 83.4 Å². The SMILES string of the molecule is CC(OC(=O)C1CC2CC1C1C3C=CC(C3)C21)(C1CC2CC1C1CCCC21)C1CC2CC1C1CCCC21. The smallest absolute Gasteiger partial charge is 0.309 e. The van der Waals surface area contributed by atoms with E-state index in [1.165, 1.54) is 77.0 Å². The zero-order chi connectivity index (χ0) is 24.2. The van der Waals surface area contributed by atoms with Crippen LogP contribution in [0.2, 0.25) is 0 Å². The van der Waals surface area contributed by atoms with Gasteiger partial charge in [-0.1, -0.05) is 25.0 Å². The summed E-state index contributed by atoms with van der Waals surface area (Å²) in [5.41, 5.74) is -0.188. The van der Waals surface area contributed by atoms with Crippen LogP contribution in [0.1, 0.15) is 90.4 Å². The lowest BCUT2D eigenvalue weighted by atomic mass is 9.60. The summed E-state index contributed by atoms with van der Waals surface area (Å²) in [5, 5.41) is 0. The van der Waals surface area contributed by atoms with Gasteiger partial charge < -0.3 is 4.74 Å². The van der Waals surface area contributed by atoms with Crippen LogP contribution in [-0.2, 0) is 9.53 Å². The van der Waals surface area contributed by atoms with Crippen molar-refractivity contribution >= 4 is 5.97 Å². The summed E-state index contributed by atoms with van der Waals surface area (Å²) < 4.78 is 7.22. The summed E-state index contributed by atoms with van der Waals surface area (Å²) in [7, 11) is 0. The number of carbonyl (C=O) groups excluding carboxylic acids is 1. The maximum atomic E-state index is 14.4. The van der Waals surface area contributed by atoms with Crippen LogP contribution in [0, 0.1) is 101 Å². The molecule has 37 heavy (non-hydrogen) atoms. The van der Waals surface area contributed by atoms with Gasteiger partial charge in [-0.05, 0) is 160 Å². The van der Waals surface area contributed by atoms with Crippen molar-refractivity contribution in [3.8, 4) is 0 Å². The number of ether oxygens (including phenoxy) is 1. The van der Waals surface area contributed by atoms with E-state index >= 15 is 0 Å². The van der Waals surface area contributed by atoms with E-state index in [-0.39, 0.29) is 17.5 Å². The molecule has 17 atom stereocenters. The van der Waals surface area contributed by atoms with Crippen molar-refractivity contribution in [1.82, 2.24) is 0 Å².